The third-order valence-corrected chi connectivity index (χ3v) is 6.55. The molecule has 5 aromatic rings. The molecular weight excluding hydrogens is 551 g/mol. The summed E-state index contributed by atoms with van der Waals surface area (Å²) in [5.41, 5.74) is 5.06. The number of nitrogens with one attached hydrogen (secondary N) is 2. The summed E-state index contributed by atoms with van der Waals surface area (Å²) in [6.07, 6.45) is 0. The average Bonchev–Trinajstić information content (AvgIpc) is 3.37. The first kappa shape index (κ1) is 28.9. The van der Waals surface area contributed by atoms with Crippen LogP contribution in [0.15, 0.2) is 91.0 Å². The van der Waals surface area contributed by atoms with Crippen LogP contribution in [0.4, 0.5) is 20.6 Å². The second kappa shape index (κ2) is 12.5. The van der Waals surface area contributed by atoms with E-state index in [1.165, 1.54) is 43.0 Å². The van der Waals surface area contributed by atoms with Crippen LogP contribution < -0.4 is 24.8 Å². The van der Waals surface area contributed by atoms with Crippen LogP contribution in [0, 0.1) is 12.7 Å². The molecule has 0 saturated carbocycles. The molecule has 0 saturated heterocycles. The molecule has 0 fully saturated rings. The van der Waals surface area contributed by atoms with Crippen molar-refractivity contribution in [1.29, 1.82) is 0 Å². The number of halogens is 1. The minimum absolute atomic E-state index is 0.140. The highest BCUT2D eigenvalue weighted by molar-refractivity contribution is 6.00. The first-order valence-electron chi connectivity index (χ1n) is 13.3. The van der Waals surface area contributed by atoms with Gasteiger partial charge in [0.05, 0.1) is 25.5 Å². The van der Waals surface area contributed by atoms with E-state index >= 15 is 0 Å². The fourth-order valence-electron chi connectivity index (χ4n) is 4.49. The van der Waals surface area contributed by atoms with Gasteiger partial charge >= 0.3 is 12.0 Å². The number of carbonyl (C=O) groups excluding carboxylic acids is 2. The lowest BCUT2D eigenvalue weighted by atomic mass is 10.0. The van der Waals surface area contributed by atoms with Crippen LogP contribution in [0.25, 0.3) is 28.1 Å². The Kier molecular flexibility index (Phi) is 8.38. The standard InChI is InChI=1S/C33H29FN4O5/c1-20-5-12-25(13-6-20)35-33(40)36-26-14-7-22(8-15-26)30-31(23-9-18-28(41-3)29(19-23)42-4)37-38(32(30)43-21(2)39)27-16-10-24(34)11-17-27/h5-19H,1-4H3,(H2,35,36,40). The lowest BCUT2D eigenvalue weighted by Gasteiger charge is -2.12. The van der Waals surface area contributed by atoms with E-state index in [1.807, 2.05) is 37.3 Å². The maximum atomic E-state index is 13.8. The maximum absolute atomic E-state index is 13.8. The molecule has 4 aromatic carbocycles. The van der Waals surface area contributed by atoms with Gasteiger partial charge in [0.15, 0.2) is 11.5 Å². The molecule has 9 nitrogen and oxygen atoms in total. The molecule has 0 radical (unpaired) electrons. The molecular formula is C33H29FN4O5. The van der Waals surface area contributed by atoms with E-state index in [0.717, 1.165) is 5.56 Å². The lowest BCUT2D eigenvalue weighted by molar-refractivity contribution is -0.132. The number of aryl methyl sites for hydroxylation is 1. The molecule has 0 aliphatic rings. The largest absolute Gasteiger partial charge is 0.493 e. The molecule has 218 valence electrons. The predicted octanol–water partition coefficient (Wildman–Crippen LogP) is 7.24. The average molecular weight is 581 g/mol. The highest BCUT2D eigenvalue weighted by atomic mass is 19.1. The van der Waals surface area contributed by atoms with Crippen LogP contribution in [0.5, 0.6) is 17.4 Å². The molecule has 43 heavy (non-hydrogen) atoms. The molecule has 0 spiro atoms. The van der Waals surface area contributed by atoms with Gasteiger partial charge in [0, 0.05) is 23.9 Å². The van der Waals surface area contributed by atoms with Crippen LogP contribution in [-0.4, -0.2) is 36.0 Å². The Morgan fingerprint density at radius 1 is 0.767 bits per heavy atom. The molecule has 2 amide bonds. The molecule has 0 bridgehead atoms. The third-order valence-electron chi connectivity index (χ3n) is 6.55. The van der Waals surface area contributed by atoms with Gasteiger partial charge in [-0.1, -0.05) is 29.8 Å². The Morgan fingerprint density at radius 2 is 1.35 bits per heavy atom. The van der Waals surface area contributed by atoms with E-state index < -0.39 is 17.8 Å². The molecule has 0 aliphatic heterocycles. The van der Waals surface area contributed by atoms with Gasteiger partial charge in [0.1, 0.15) is 11.5 Å². The number of benzene rings is 4. The highest BCUT2D eigenvalue weighted by Crippen LogP contribution is 2.43. The smallest absolute Gasteiger partial charge is 0.323 e. The van der Waals surface area contributed by atoms with Gasteiger partial charge in [-0.3, -0.25) is 4.79 Å². The van der Waals surface area contributed by atoms with E-state index in [1.54, 1.807) is 43.5 Å². The summed E-state index contributed by atoms with van der Waals surface area (Å²) in [7, 11) is 3.08. The van der Waals surface area contributed by atoms with Gasteiger partial charge in [-0.05, 0) is 79.2 Å². The summed E-state index contributed by atoms with van der Waals surface area (Å²) in [6, 6.07) is 25.1. The number of nitrogens with zero attached hydrogens (tertiary/aromatic N) is 2. The van der Waals surface area contributed by atoms with Crippen molar-refractivity contribution in [3.05, 3.63) is 102 Å². The molecule has 1 aromatic heterocycles. The monoisotopic (exact) mass is 580 g/mol. The maximum Gasteiger partial charge on any atom is 0.323 e. The molecule has 10 heteroatoms. The highest BCUT2D eigenvalue weighted by Gasteiger charge is 2.25. The Balaban J connectivity index is 1.58. The van der Waals surface area contributed by atoms with E-state index in [2.05, 4.69) is 10.6 Å². The number of esters is 1. The van der Waals surface area contributed by atoms with Gasteiger partial charge in [-0.25, -0.2) is 9.18 Å². The van der Waals surface area contributed by atoms with Crippen molar-refractivity contribution in [1.82, 2.24) is 9.78 Å². The van der Waals surface area contributed by atoms with Crippen LogP contribution in [-0.2, 0) is 4.79 Å². The van der Waals surface area contributed by atoms with E-state index in [0.29, 0.717) is 50.9 Å². The van der Waals surface area contributed by atoms with Gasteiger partial charge in [-0.2, -0.15) is 9.78 Å². The second-order valence-corrected chi connectivity index (χ2v) is 9.60. The number of methoxy groups -OCH3 is 2. The second-order valence-electron chi connectivity index (χ2n) is 9.60. The normalized spacial score (nSPS) is 10.6. The fraction of sp³-hybridized carbons (Fsp3) is 0.121. The summed E-state index contributed by atoms with van der Waals surface area (Å²) in [4.78, 5) is 24.9. The summed E-state index contributed by atoms with van der Waals surface area (Å²) >= 11 is 0. The van der Waals surface area contributed by atoms with Crippen LogP contribution >= 0.6 is 0 Å². The summed E-state index contributed by atoms with van der Waals surface area (Å²) in [5.74, 6) is 0.178. The fourth-order valence-corrected chi connectivity index (χ4v) is 4.49. The zero-order chi connectivity index (χ0) is 30.5. The molecule has 2 N–H and O–H groups in total. The number of amides is 2. The number of anilines is 2. The number of hydrogen-bond donors (Lipinski definition) is 2. The lowest BCUT2D eigenvalue weighted by Crippen LogP contribution is -2.19. The van der Waals surface area contributed by atoms with Crippen molar-refractivity contribution < 1.29 is 28.2 Å². The Labute approximate surface area is 247 Å². The number of carbonyl (C=O) groups is 2. The van der Waals surface area contributed by atoms with Crippen LogP contribution in [0.2, 0.25) is 0 Å². The number of hydrogen-bond acceptors (Lipinski definition) is 6. The zero-order valence-electron chi connectivity index (χ0n) is 24.0. The molecule has 5 rings (SSSR count). The first-order valence-corrected chi connectivity index (χ1v) is 13.3. The third kappa shape index (κ3) is 6.48. The van der Waals surface area contributed by atoms with Gasteiger partial charge in [0.2, 0.25) is 5.88 Å². The Bertz CT molecular complexity index is 1770. The summed E-state index contributed by atoms with van der Waals surface area (Å²) in [6.45, 7) is 3.26. The topological polar surface area (TPSA) is 104 Å². The number of ether oxygens (including phenoxy) is 3. The van der Waals surface area contributed by atoms with Crippen LogP contribution in [0.1, 0.15) is 12.5 Å². The van der Waals surface area contributed by atoms with Gasteiger partial charge < -0.3 is 24.8 Å². The van der Waals surface area contributed by atoms with Crippen LogP contribution in [0.3, 0.4) is 0 Å². The summed E-state index contributed by atoms with van der Waals surface area (Å²) < 4.78 is 31.9. The van der Waals surface area contributed by atoms with E-state index in [-0.39, 0.29) is 5.88 Å². The molecule has 0 atom stereocenters. The molecule has 1 heterocycles. The Morgan fingerprint density at radius 3 is 1.93 bits per heavy atom. The van der Waals surface area contributed by atoms with Crippen molar-refractivity contribution in [2.24, 2.45) is 0 Å². The predicted molar refractivity (Wildman–Crippen MR) is 163 cm³/mol. The van der Waals surface area contributed by atoms with E-state index in [4.69, 9.17) is 19.3 Å². The zero-order valence-corrected chi connectivity index (χ0v) is 24.0. The van der Waals surface area contributed by atoms with E-state index in [9.17, 15) is 14.0 Å². The molecule has 0 unspecified atom stereocenters. The number of urea groups is 1. The minimum Gasteiger partial charge on any atom is -0.493 e. The SMILES string of the molecule is COc1ccc(-c2nn(-c3ccc(F)cc3)c(OC(C)=O)c2-c2ccc(NC(=O)Nc3ccc(C)cc3)cc2)cc1OC. The van der Waals surface area contributed by atoms with Crippen molar-refractivity contribution >= 4 is 23.4 Å². The summed E-state index contributed by atoms with van der Waals surface area (Å²) in [5, 5.41) is 10.4. The minimum atomic E-state index is -0.561. The molecule has 0 aliphatic carbocycles. The Hall–Kier alpha value is -5.64. The van der Waals surface area contributed by atoms with Gasteiger partial charge in [0.25, 0.3) is 0 Å². The van der Waals surface area contributed by atoms with Crippen molar-refractivity contribution in [2.75, 3.05) is 24.9 Å². The number of rotatable bonds is 8. The van der Waals surface area contributed by atoms with Gasteiger partial charge in [-0.15, -0.1) is 0 Å². The quantitative estimate of drug-likeness (QED) is 0.188. The van der Waals surface area contributed by atoms with Crippen molar-refractivity contribution in [3.63, 3.8) is 0 Å². The first-order chi connectivity index (χ1) is 20.7. The van der Waals surface area contributed by atoms with Crippen molar-refractivity contribution in [3.8, 4) is 45.5 Å². The number of aromatic nitrogens is 2. The van der Waals surface area contributed by atoms with Crippen molar-refractivity contribution in [2.45, 2.75) is 13.8 Å².